The summed E-state index contributed by atoms with van der Waals surface area (Å²) in [6.45, 7) is 4.30. The quantitative estimate of drug-likeness (QED) is 0.459. The second kappa shape index (κ2) is 8.81. The van der Waals surface area contributed by atoms with E-state index in [4.69, 9.17) is 19.4 Å². The van der Waals surface area contributed by atoms with Gasteiger partial charge < -0.3 is 14.4 Å². The van der Waals surface area contributed by atoms with Gasteiger partial charge in [-0.25, -0.2) is 4.98 Å². The molecule has 1 N–H and O–H groups in total. The highest BCUT2D eigenvalue weighted by atomic mass is 79.9. The number of morpholine rings is 1. The lowest BCUT2D eigenvalue weighted by Gasteiger charge is -2.23. The summed E-state index contributed by atoms with van der Waals surface area (Å²) in [6, 6.07) is 18.2. The maximum atomic E-state index is 6.31. The largest absolute Gasteiger partial charge is 0.438 e. The van der Waals surface area contributed by atoms with Crippen LogP contribution in [0.25, 0.3) is 21.3 Å². The minimum absolute atomic E-state index is 0.612. The van der Waals surface area contributed by atoms with Crippen molar-refractivity contribution < 1.29 is 14.4 Å². The Bertz CT molecular complexity index is 1160. The van der Waals surface area contributed by atoms with E-state index in [2.05, 4.69) is 33.4 Å². The van der Waals surface area contributed by atoms with E-state index in [1.165, 1.54) is 4.90 Å². The summed E-state index contributed by atoms with van der Waals surface area (Å²) in [5.74, 6) is 2.17. The van der Waals surface area contributed by atoms with Crippen LogP contribution in [-0.4, -0.2) is 36.3 Å². The fourth-order valence-electron chi connectivity index (χ4n) is 3.64. The first-order valence-corrected chi connectivity index (χ1v) is 11.6. The average molecular weight is 483 g/mol. The lowest BCUT2D eigenvalue weighted by Crippen LogP contribution is -3.12. The molecule has 4 aromatic rings. The molecule has 0 amide bonds. The molecule has 5 rings (SSSR count). The Morgan fingerprint density at radius 1 is 1.03 bits per heavy atom. The average Bonchev–Trinajstić information content (AvgIpc) is 3.19. The molecule has 7 heteroatoms. The van der Waals surface area contributed by atoms with Gasteiger partial charge >= 0.3 is 0 Å². The van der Waals surface area contributed by atoms with Gasteiger partial charge in [0.2, 0.25) is 5.88 Å². The van der Waals surface area contributed by atoms with Gasteiger partial charge in [0.15, 0.2) is 5.82 Å². The second-order valence-electron chi connectivity index (χ2n) is 7.24. The normalized spacial score (nSPS) is 14.8. The number of aromatic nitrogens is 2. The molecule has 0 radical (unpaired) electrons. The highest BCUT2D eigenvalue weighted by Gasteiger charge is 2.21. The Hall–Kier alpha value is -2.32. The number of halogens is 1. The SMILES string of the molecule is Brc1cccc(Oc2nc(C[NH+]3CCOCC3)nc3scc(-c4ccccc4)c23)c1. The molecule has 1 saturated heterocycles. The van der Waals surface area contributed by atoms with Crippen molar-refractivity contribution in [1.29, 1.82) is 0 Å². The number of nitrogens with zero attached hydrogens (tertiary/aromatic N) is 2. The predicted molar refractivity (Wildman–Crippen MR) is 122 cm³/mol. The van der Waals surface area contributed by atoms with Crippen molar-refractivity contribution in [2.24, 2.45) is 0 Å². The Labute approximate surface area is 187 Å². The Morgan fingerprint density at radius 3 is 2.67 bits per heavy atom. The number of benzene rings is 2. The molecular weight excluding hydrogens is 462 g/mol. The van der Waals surface area contributed by atoms with Crippen LogP contribution in [0.4, 0.5) is 0 Å². The minimum atomic E-state index is 0.612. The van der Waals surface area contributed by atoms with E-state index < -0.39 is 0 Å². The standard InChI is InChI=1S/C23H20BrN3O2S/c24-17-7-4-8-18(13-17)29-22-21-19(16-5-2-1-3-6-16)15-30-23(21)26-20(25-22)14-27-9-11-28-12-10-27/h1-8,13,15H,9-12,14H2/p+1. The van der Waals surface area contributed by atoms with E-state index >= 15 is 0 Å². The second-order valence-corrected chi connectivity index (χ2v) is 9.01. The van der Waals surface area contributed by atoms with Crippen LogP contribution < -0.4 is 9.64 Å². The molecule has 152 valence electrons. The number of rotatable bonds is 5. The van der Waals surface area contributed by atoms with Gasteiger partial charge in [0, 0.05) is 15.4 Å². The summed E-state index contributed by atoms with van der Waals surface area (Å²) in [6.07, 6.45) is 0. The Balaban J connectivity index is 1.59. The van der Waals surface area contributed by atoms with Gasteiger partial charge in [0.05, 0.1) is 18.6 Å². The molecule has 30 heavy (non-hydrogen) atoms. The van der Waals surface area contributed by atoms with Crippen molar-refractivity contribution in [1.82, 2.24) is 9.97 Å². The van der Waals surface area contributed by atoms with Crippen LogP contribution in [0, 0.1) is 0 Å². The van der Waals surface area contributed by atoms with Crippen LogP contribution in [0.2, 0.25) is 0 Å². The number of thiophene rings is 1. The van der Waals surface area contributed by atoms with E-state index in [1.807, 2.05) is 42.5 Å². The predicted octanol–water partition coefficient (Wildman–Crippen LogP) is 4.33. The van der Waals surface area contributed by atoms with Gasteiger partial charge in [-0.2, -0.15) is 4.98 Å². The van der Waals surface area contributed by atoms with Crippen LogP contribution in [0.5, 0.6) is 11.6 Å². The van der Waals surface area contributed by atoms with E-state index in [0.29, 0.717) is 5.88 Å². The first-order valence-electron chi connectivity index (χ1n) is 9.94. The van der Waals surface area contributed by atoms with Crippen molar-refractivity contribution in [2.75, 3.05) is 26.3 Å². The Morgan fingerprint density at radius 2 is 1.87 bits per heavy atom. The highest BCUT2D eigenvalue weighted by Crippen LogP contribution is 2.39. The molecule has 3 heterocycles. The zero-order valence-electron chi connectivity index (χ0n) is 16.3. The van der Waals surface area contributed by atoms with Crippen LogP contribution in [0.15, 0.2) is 64.5 Å². The van der Waals surface area contributed by atoms with Crippen molar-refractivity contribution in [3.05, 3.63) is 70.3 Å². The number of quaternary nitrogens is 1. The zero-order valence-corrected chi connectivity index (χ0v) is 18.7. The molecule has 1 aliphatic heterocycles. The summed E-state index contributed by atoms with van der Waals surface area (Å²) in [5.41, 5.74) is 2.24. The van der Waals surface area contributed by atoms with Crippen molar-refractivity contribution >= 4 is 37.5 Å². The summed E-state index contributed by atoms with van der Waals surface area (Å²) >= 11 is 5.16. The molecule has 0 bridgehead atoms. The first kappa shape index (κ1) is 19.6. The van der Waals surface area contributed by atoms with Crippen LogP contribution in [-0.2, 0) is 11.3 Å². The molecule has 0 unspecified atom stereocenters. The summed E-state index contributed by atoms with van der Waals surface area (Å²) in [4.78, 5) is 12.2. The van der Waals surface area contributed by atoms with Gasteiger partial charge in [-0.3, -0.25) is 0 Å². The molecular formula is C23H21BrN3O2S+. The summed E-state index contributed by atoms with van der Waals surface area (Å²) in [5, 5.41) is 3.11. The highest BCUT2D eigenvalue weighted by molar-refractivity contribution is 9.10. The third-order valence-corrected chi connectivity index (χ3v) is 6.52. The van der Waals surface area contributed by atoms with Gasteiger partial charge in [0.1, 0.15) is 30.2 Å². The van der Waals surface area contributed by atoms with Crippen LogP contribution in [0.3, 0.4) is 0 Å². The third kappa shape index (κ3) is 4.25. The molecule has 5 nitrogen and oxygen atoms in total. The molecule has 2 aromatic carbocycles. The number of nitrogens with one attached hydrogen (secondary N) is 1. The summed E-state index contributed by atoms with van der Waals surface area (Å²) in [7, 11) is 0. The molecule has 1 aliphatic rings. The lowest BCUT2D eigenvalue weighted by atomic mass is 10.1. The number of hydrogen-bond acceptors (Lipinski definition) is 5. The lowest BCUT2D eigenvalue weighted by molar-refractivity contribution is -0.922. The maximum Gasteiger partial charge on any atom is 0.232 e. The van der Waals surface area contributed by atoms with E-state index in [-0.39, 0.29) is 0 Å². The fraction of sp³-hybridized carbons (Fsp3) is 0.217. The molecule has 0 saturated carbocycles. The smallest absolute Gasteiger partial charge is 0.232 e. The molecule has 0 spiro atoms. The number of hydrogen-bond donors (Lipinski definition) is 1. The first-order chi connectivity index (χ1) is 14.8. The molecule has 1 fully saturated rings. The number of fused-ring (bicyclic) bond motifs is 1. The summed E-state index contributed by atoms with van der Waals surface area (Å²) < 4.78 is 12.8. The van der Waals surface area contributed by atoms with Crippen molar-refractivity contribution in [3.63, 3.8) is 0 Å². The van der Waals surface area contributed by atoms with E-state index in [0.717, 1.165) is 70.2 Å². The monoisotopic (exact) mass is 482 g/mol. The fourth-order valence-corrected chi connectivity index (χ4v) is 4.97. The zero-order chi connectivity index (χ0) is 20.3. The molecule has 0 aliphatic carbocycles. The van der Waals surface area contributed by atoms with Gasteiger partial charge in [0.25, 0.3) is 0 Å². The van der Waals surface area contributed by atoms with E-state index in [1.54, 1.807) is 11.3 Å². The van der Waals surface area contributed by atoms with Gasteiger partial charge in [-0.15, -0.1) is 11.3 Å². The maximum absolute atomic E-state index is 6.31. The van der Waals surface area contributed by atoms with Crippen molar-refractivity contribution in [2.45, 2.75) is 6.54 Å². The number of ether oxygens (including phenoxy) is 2. The van der Waals surface area contributed by atoms with Crippen LogP contribution in [0.1, 0.15) is 5.82 Å². The molecule has 0 atom stereocenters. The Kier molecular flexibility index (Phi) is 5.77. The van der Waals surface area contributed by atoms with Crippen LogP contribution >= 0.6 is 27.3 Å². The van der Waals surface area contributed by atoms with E-state index in [9.17, 15) is 0 Å². The molecule has 2 aromatic heterocycles. The topological polar surface area (TPSA) is 48.7 Å². The van der Waals surface area contributed by atoms with Gasteiger partial charge in [-0.05, 0) is 23.8 Å². The third-order valence-electron chi connectivity index (χ3n) is 5.15. The van der Waals surface area contributed by atoms with Gasteiger partial charge in [-0.1, -0.05) is 52.3 Å². The van der Waals surface area contributed by atoms with Crippen molar-refractivity contribution in [3.8, 4) is 22.8 Å². The minimum Gasteiger partial charge on any atom is -0.438 e.